The Bertz CT molecular complexity index is 488. The number of nitrogens with one attached hydrogen (secondary N) is 1. The number of benzene rings is 1. The van der Waals surface area contributed by atoms with E-state index in [9.17, 15) is 14.5 Å². The molecule has 5 nitrogen and oxygen atoms in total. The Morgan fingerprint density at radius 1 is 1.43 bits per heavy atom. The van der Waals surface area contributed by atoms with Crippen LogP contribution in [-0.4, -0.2) is 36.5 Å². The molecular formula is C15H22FN3O2. The molecule has 1 aromatic rings. The van der Waals surface area contributed by atoms with E-state index in [1.165, 1.54) is 18.6 Å². The van der Waals surface area contributed by atoms with E-state index in [2.05, 4.69) is 10.2 Å². The summed E-state index contributed by atoms with van der Waals surface area (Å²) in [5.74, 6) is 0.0173. The van der Waals surface area contributed by atoms with E-state index in [1.54, 1.807) is 6.07 Å². The minimum absolute atomic E-state index is 0.454. The molecule has 0 aromatic heterocycles. The van der Waals surface area contributed by atoms with Gasteiger partial charge in [-0.3, -0.25) is 15.0 Å². The Balaban J connectivity index is 1.86. The van der Waals surface area contributed by atoms with Crippen LogP contribution in [0.2, 0.25) is 0 Å². The highest BCUT2D eigenvalue weighted by Crippen LogP contribution is 2.23. The van der Waals surface area contributed by atoms with Crippen molar-refractivity contribution in [2.45, 2.75) is 25.8 Å². The summed E-state index contributed by atoms with van der Waals surface area (Å²) in [5, 5.41) is 13.8. The van der Waals surface area contributed by atoms with Crippen molar-refractivity contribution >= 4 is 5.69 Å². The van der Waals surface area contributed by atoms with Crippen molar-refractivity contribution < 1.29 is 9.31 Å². The van der Waals surface area contributed by atoms with Gasteiger partial charge in [0.2, 0.25) is 5.82 Å². The van der Waals surface area contributed by atoms with E-state index in [0.29, 0.717) is 6.54 Å². The van der Waals surface area contributed by atoms with Gasteiger partial charge in [0.25, 0.3) is 0 Å². The second kappa shape index (κ2) is 7.47. The highest BCUT2D eigenvalue weighted by Gasteiger charge is 2.20. The van der Waals surface area contributed by atoms with E-state index in [4.69, 9.17) is 0 Å². The first-order chi connectivity index (χ1) is 10.1. The molecule has 6 heteroatoms. The van der Waals surface area contributed by atoms with E-state index in [-0.39, 0.29) is 0 Å². The average Bonchev–Trinajstić information content (AvgIpc) is 2.46. The summed E-state index contributed by atoms with van der Waals surface area (Å²) in [6.45, 7) is 3.73. The lowest BCUT2D eigenvalue weighted by atomic mass is 9.93. The average molecular weight is 295 g/mol. The molecule has 116 valence electrons. The van der Waals surface area contributed by atoms with Crippen LogP contribution in [0.5, 0.6) is 0 Å². The van der Waals surface area contributed by atoms with E-state index < -0.39 is 16.4 Å². The van der Waals surface area contributed by atoms with Gasteiger partial charge in [-0.1, -0.05) is 6.07 Å². The molecule has 1 heterocycles. The van der Waals surface area contributed by atoms with Crippen LogP contribution >= 0.6 is 0 Å². The topological polar surface area (TPSA) is 58.4 Å². The molecule has 2 rings (SSSR count). The lowest BCUT2D eigenvalue weighted by molar-refractivity contribution is -0.387. The van der Waals surface area contributed by atoms with Crippen molar-refractivity contribution in [2.24, 2.45) is 5.92 Å². The summed E-state index contributed by atoms with van der Waals surface area (Å²) in [6.07, 6.45) is 3.53. The third-order valence-electron chi connectivity index (χ3n) is 4.12. The Morgan fingerprint density at radius 2 is 2.14 bits per heavy atom. The molecule has 1 saturated heterocycles. The first-order valence-electron chi connectivity index (χ1n) is 7.40. The molecular weight excluding hydrogens is 273 g/mol. The molecule has 0 saturated carbocycles. The normalized spacial score (nSPS) is 17.0. The maximum atomic E-state index is 13.6. The van der Waals surface area contributed by atoms with Gasteiger partial charge < -0.3 is 5.32 Å². The standard InChI is InChI=1S/C15H22FN3O2/c1-17-7-4-12-5-8-18(9-6-12)11-13-2-3-15(19(20)21)14(16)10-13/h2-3,10,12,17H,4-9,11H2,1H3. The molecule has 0 bridgehead atoms. The van der Waals surface area contributed by atoms with Crippen LogP contribution < -0.4 is 5.32 Å². The van der Waals surface area contributed by atoms with Gasteiger partial charge in [-0.15, -0.1) is 0 Å². The Kier molecular flexibility index (Phi) is 5.64. The number of nitrogens with zero attached hydrogens (tertiary/aromatic N) is 2. The number of rotatable bonds is 6. The number of likely N-dealkylation sites (tertiary alicyclic amines) is 1. The summed E-state index contributed by atoms with van der Waals surface area (Å²) in [6, 6.07) is 4.18. The van der Waals surface area contributed by atoms with Crippen LogP contribution in [-0.2, 0) is 6.54 Å². The van der Waals surface area contributed by atoms with Gasteiger partial charge in [0.05, 0.1) is 4.92 Å². The lowest BCUT2D eigenvalue weighted by Gasteiger charge is -2.32. The number of hydrogen-bond donors (Lipinski definition) is 1. The van der Waals surface area contributed by atoms with Crippen LogP contribution in [0.25, 0.3) is 0 Å². The van der Waals surface area contributed by atoms with Crippen LogP contribution in [0, 0.1) is 21.8 Å². The summed E-state index contributed by atoms with van der Waals surface area (Å²) < 4.78 is 13.6. The lowest BCUT2D eigenvalue weighted by Crippen LogP contribution is -2.34. The van der Waals surface area contributed by atoms with Crippen LogP contribution in [0.4, 0.5) is 10.1 Å². The molecule has 1 aliphatic heterocycles. The minimum atomic E-state index is -0.749. The fourth-order valence-corrected chi connectivity index (χ4v) is 2.84. The largest absolute Gasteiger partial charge is 0.320 e. The second-order valence-corrected chi connectivity index (χ2v) is 5.65. The quantitative estimate of drug-likeness (QED) is 0.647. The maximum absolute atomic E-state index is 13.6. The third-order valence-corrected chi connectivity index (χ3v) is 4.12. The molecule has 1 N–H and O–H groups in total. The number of piperidine rings is 1. The van der Waals surface area contributed by atoms with Gasteiger partial charge >= 0.3 is 5.69 Å². The molecule has 1 aromatic carbocycles. The van der Waals surface area contributed by atoms with Gasteiger partial charge in [0.15, 0.2) is 0 Å². The number of halogens is 1. The fraction of sp³-hybridized carbons (Fsp3) is 0.600. The van der Waals surface area contributed by atoms with Gasteiger partial charge in [0.1, 0.15) is 0 Å². The second-order valence-electron chi connectivity index (χ2n) is 5.65. The summed E-state index contributed by atoms with van der Waals surface area (Å²) in [7, 11) is 1.97. The zero-order valence-corrected chi connectivity index (χ0v) is 12.3. The van der Waals surface area contributed by atoms with Crippen molar-refractivity contribution in [1.29, 1.82) is 0 Å². The molecule has 0 aliphatic carbocycles. The zero-order valence-electron chi connectivity index (χ0n) is 12.3. The van der Waals surface area contributed by atoms with Crippen molar-refractivity contribution in [3.63, 3.8) is 0 Å². The minimum Gasteiger partial charge on any atom is -0.320 e. The van der Waals surface area contributed by atoms with Crippen molar-refractivity contribution in [2.75, 3.05) is 26.7 Å². The van der Waals surface area contributed by atoms with Gasteiger partial charge in [-0.2, -0.15) is 4.39 Å². The number of hydrogen-bond acceptors (Lipinski definition) is 4. The Labute approximate surface area is 124 Å². The van der Waals surface area contributed by atoms with Gasteiger partial charge in [-0.05, 0) is 63.5 Å². The predicted molar refractivity (Wildman–Crippen MR) is 79.6 cm³/mol. The van der Waals surface area contributed by atoms with E-state index in [0.717, 1.165) is 44.0 Å². The number of nitro groups is 1. The smallest absolute Gasteiger partial charge is 0.304 e. The van der Waals surface area contributed by atoms with E-state index in [1.807, 2.05) is 7.05 Å². The summed E-state index contributed by atoms with van der Waals surface area (Å²) in [5.41, 5.74) is 0.344. The van der Waals surface area contributed by atoms with Crippen LogP contribution in [0.1, 0.15) is 24.8 Å². The van der Waals surface area contributed by atoms with Crippen molar-refractivity contribution in [1.82, 2.24) is 10.2 Å². The first-order valence-corrected chi connectivity index (χ1v) is 7.40. The highest BCUT2D eigenvalue weighted by atomic mass is 19.1. The van der Waals surface area contributed by atoms with Gasteiger partial charge in [0, 0.05) is 12.6 Å². The zero-order chi connectivity index (χ0) is 15.2. The molecule has 21 heavy (non-hydrogen) atoms. The molecule has 1 aliphatic rings. The SMILES string of the molecule is CNCCC1CCN(Cc2ccc([N+](=O)[O-])c(F)c2)CC1. The fourth-order valence-electron chi connectivity index (χ4n) is 2.84. The number of nitro benzene ring substituents is 1. The van der Waals surface area contributed by atoms with Crippen molar-refractivity contribution in [3.05, 3.63) is 39.7 Å². The molecule has 0 radical (unpaired) electrons. The van der Waals surface area contributed by atoms with E-state index >= 15 is 0 Å². The molecule has 1 fully saturated rings. The predicted octanol–water partition coefficient (Wildman–Crippen LogP) is 2.56. The summed E-state index contributed by atoms with van der Waals surface area (Å²) in [4.78, 5) is 12.2. The Morgan fingerprint density at radius 3 is 2.71 bits per heavy atom. The molecule has 0 spiro atoms. The van der Waals surface area contributed by atoms with Crippen LogP contribution in [0.3, 0.4) is 0 Å². The highest BCUT2D eigenvalue weighted by molar-refractivity contribution is 5.34. The van der Waals surface area contributed by atoms with Crippen molar-refractivity contribution in [3.8, 4) is 0 Å². The molecule has 0 amide bonds. The molecule has 0 unspecified atom stereocenters. The summed E-state index contributed by atoms with van der Waals surface area (Å²) >= 11 is 0. The van der Waals surface area contributed by atoms with Gasteiger partial charge in [-0.25, -0.2) is 0 Å². The first kappa shape index (κ1) is 15.9. The molecule has 0 atom stereocenters. The monoisotopic (exact) mass is 295 g/mol. The Hall–Kier alpha value is -1.53. The van der Waals surface area contributed by atoms with Crippen LogP contribution in [0.15, 0.2) is 18.2 Å². The maximum Gasteiger partial charge on any atom is 0.304 e. The third kappa shape index (κ3) is 4.47.